The molecule has 0 atom stereocenters. The molecule has 5 rings (SSSR count). The zero-order valence-electron chi connectivity index (χ0n) is 17.3. The lowest BCUT2D eigenvalue weighted by molar-refractivity contribution is -0.129. The predicted octanol–water partition coefficient (Wildman–Crippen LogP) is 5.05. The van der Waals surface area contributed by atoms with Gasteiger partial charge in [-0.25, -0.2) is 4.98 Å². The minimum Gasteiger partial charge on any atom is -0.337 e. The number of hydrogen-bond acceptors (Lipinski definition) is 6. The highest BCUT2D eigenvalue weighted by atomic mass is 32.2. The van der Waals surface area contributed by atoms with Crippen molar-refractivity contribution in [2.24, 2.45) is 0 Å². The maximum atomic E-state index is 13.4. The van der Waals surface area contributed by atoms with E-state index in [0.717, 1.165) is 23.4 Å². The van der Waals surface area contributed by atoms with E-state index in [1.54, 1.807) is 22.0 Å². The van der Waals surface area contributed by atoms with Gasteiger partial charge in [0.1, 0.15) is 4.83 Å². The molecule has 0 bridgehead atoms. The van der Waals surface area contributed by atoms with Crippen LogP contribution in [0.3, 0.4) is 0 Å². The van der Waals surface area contributed by atoms with Crippen molar-refractivity contribution in [1.82, 2.24) is 14.5 Å². The quantitative estimate of drug-likeness (QED) is 0.221. The topological polar surface area (TPSA) is 55.2 Å². The SMILES string of the molecule is C=CCn1c(SCC(=O)N2CCc3ccccc3C2)nc2scc(-c3cccs3)c2c1=O. The summed E-state index contributed by atoms with van der Waals surface area (Å²) in [5, 5.41) is 5.20. The molecule has 0 saturated heterocycles. The van der Waals surface area contributed by atoms with Gasteiger partial charge < -0.3 is 4.90 Å². The van der Waals surface area contributed by atoms with Gasteiger partial charge in [-0.3, -0.25) is 14.2 Å². The number of carbonyl (C=O) groups excluding carboxylic acids is 1. The average molecular weight is 480 g/mol. The largest absolute Gasteiger partial charge is 0.337 e. The van der Waals surface area contributed by atoms with E-state index in [2.05, 4.69) is 18.7 Å². The van der Waals surface area contributed by atoms with Crippen LogP contribution in [0.2, 0.25) is 0 Å². The number of nitrogens with zero attached hydrogens (tertiary/aromatic N) is 3. The third-order valence-electron chi connectivity index (χ3n) is 5.57. The maximum absolute atomic E-state index is 13.4. The fourth-order valence-corrected chi connectivity index (χ4v) is 6.66. The summed E-state index contributed by atoms with van der Waals surface area (Å²) in [6, 6.07) is 12.3. The van der Waals surface area contributed by atoms with Crippen molar-refractivity contribution in [2.75, 3.05) is 12.3 Å². The Balaban J connectivity index is 1.40. The van der Waals surface area contributed by atoms with Gasteiger partial charge in [0.2, 0.25) is 5.91 Å². The van der Waals surface area contributed by atoms with Crippen LogP contribution in [0.5, 0.6) is 0 Å². The molecule has 0 radical (unpaired) electrons. The first-order chi connectivity index (χ1) is 15.7. The van der Waals surface area contributed by atoms with Gasteiger partial charge in [0.25, 0.3) is 5.56 Å². The van der Waals surface area contributed by atoms with Gasteiger partial charge in [0, 0.05) is 35.5 Å². The number of fused-ring (bicyclic) bond motifs is 2. The summed E-state index contributed by atoms with van der Waals surface area (Å²) in [5.74, 6) is 0.315. The third-order valence-corrected chi connectivity index (χ3v) is 8.30. The first-order valence-corrected chi connectivity index (χ1v) is 13.0. The highest BCUT2D eigenvalue weighted by molar-refractivity contribution is 7.99. The maximum Gasteiger partial charge on any atom is 0.263 e. The number of thiophene rings is 2. The zero-order chi connectivity index (χ0) is 22.1. The second-order valence-corrected chi connectivity index (χ2v) is 10.3. The van der Waals surface area contributed by atoms with E-state index in [0.29, 0.717) is 28.5 Å². The molecule has 4 heterocycles. The third kappa shape index (κ3) is 3.94. The normalized spacial score (nSPS) is 13.3. The van der Waals surface area contributed by atoms with E-state index in [9.17, 15) is 9.59 Å². The number of thioether (sulfide) groups is 1. The van der Waals surface area contributed by atoms with E-state index in [-0.39, 0.29) is 17.2 Å². The Morgan fingerprint density at radius 1 is 1.19 bits per heavy atom. The monoisotopic (exact) mass is 479 g/mol. The van der Waals surface area contributed by atoms with Gasteiger partial charge in [-0.2, -0.15) is 0 Å². The van der Waals surface area contributed by atoms with Crippen molar-refractivity contribution in [2.45, 2.75) is 24.7 Å². The van der Waals surface area contributed by atoms with Crippen LogP contribution in [0, 0.1) is 0 Å². The molecule has 1 aromatic carbocycles. The molecule has 0 fully saturated rings. The number of allylic oxidation sites excluding steroid dienone is 1. The molecular weight excluding hydrogens is 458 g/mol. The van der Waals surface area contributed by atoms with Crippen LogP contribution in [0.4, 0.5) is 0 Å². The van der Waals surface area contributed by atoms with Gasteiger partial charge in [-0.1, -0.05) is 48.2 Å². The number of amides is 1. The lowest BCUT2D eigenvalue weighted by Crippen LogP contribution is -2.37. The number of aromatic nitrogens is 2. The molecule has 1 aliphatic rings. The van der Waals surface area contributed by atoms with E-state index >= 15 is 0 Å². The number of rotatable bonds is 6. The summed E-state index contributed by atoms with van der Waals surface area (Å²) in [6.07, 6.45) is 2.57. The molecule has 8 heteroatoms. The molecule has 32 heavy (non-hydrogen) atoms. The Morgan fingerprint density at radius 2 is 2.03 bits per heavy atom. The van der Waals surface area contributed by atoms with Gasteiger partial charge >= 0.3 is 0 Å². The van der Waals surface area contributed by atoms with Gasteiger partial charge in [0.15, 0.2) is 5.16 Å². The highest BCUT2D eigenvalue weighted by Crippen LogP contribution is 2.34. The molecule has 0 N–H and O–H groups in total. The molecule has 1 aliphatic heterocycles. The van der Waals surface area contributed by atoms with Crippen LogP contribution < -0.4 is 5.56 Å². The van der Waals surface area contributed by atoms with Crippen molar-refractivity contribution < 1.29 is 4.79 Å². The molecule has 0 spiro atoms. The zero-order valence-corrected chi connectivity index (χ0v) is 19.8. The van der Waals surface area contributed by atoms with Gasteiger partial charge in [0.05, 0.1) is 11.1 Å². The van der Waals surface area contributed by atoms with Crippen molar-refractivity contribution in [3.8, 4) is 10.4 Å². The fourth-order valence-electron chi connectivity index (χ4n) is 3.95. The van der Waals surface area contributed by atoms with Crippen LogP contribution in [0.1, 0.15) is 11.1 Å². The Morgan fingerprint density at radius 3 is 2.81 bits per heavy atom. The van der Waals surface area contributed by atoms with Crippen LogP contribution in [-0.4, -0.2) is 32.7 Å². The Kier molecular flexibility index (Phi) is 5.99. The number of benzene rings is 1. The molecule has 162 valence electrons. The van der Waals surface area contributed by atoms with Crippen LogP contribution in [0.15, 0.2) is 69.8 Å². The lowest BCUT2D eigenvalue weighted by Gasteiger charge is -2.28. The van der Waals surface area contributed by atoms with Crippen molar-refractivity contribution >= 4 is 50.6 Å². The number of hydrogen-bond donors (Lipinski definition) is 0. The second kappa shape index (κ2) is 9.05. The summed E-state index contributed by atoms with van der Waals surface area (Å²) in [7, 11) is 0. The minimum atomic E-state index is -0.0820. The van der Waals surface area contributed by atoms with E-state index < -0.39 is 0 Å². The lowest BCUT2D eigenvalue weighted by atomic mass is 10.00. The first-order valence-electron chi connectivity index (χ1n) is 10.3. The first kappa shape index (κ1) is 21.2. The highest BCUT2D eigenvalue weighted by Gasteiger charge is 2.22. The van der Waals surface area contributed by atoms with Crippen molar-refractivity contribution in [3.63, 3.8) is 0 Å². The summed E-state index contributed by atoms with van der Waals surface area (Å²) in [6.45, 7) is 5.51. The van der Waals surface area contributed by atoms with Crippen LogP contribution in [-0.2, 0) is 24.3 Å². The Bertz CT molecular complexity index is 1350. The summed E-state index contributed by atoms with van der Waals surface area (Å²) in [4.78, 5) is 34.7. The summed E-state index contributed by atoms with van der Waals surface area (Å²) >= 11 is 4.41. The molecule has 3 aromatic heterocycles. The van der Waals surface area contributed by atoms with Gasteiger partial charge in [-0.05, 0) is 29.0 Å². The van der Waals surface area contributed by atoms with Gasteiger partial charge in [-0.15, -0.1) is 29.3 Å². The predicted molar refractivity (Wildman–Crippen MR) is 134 cm³/mol. The average Bonchev–Trinajstić information content (AvgIpc) is 3.49. The van der Waals surface area contributed by atoms with Crippen molar-refractivity contribution in [3.05, 3.63) is 81.3 Å². The van der Waals surface area contributed by atoms with E-state index in [1.807, 2.05) is 39.9 Å². The standard InChI is InChI=1S/C24H21N3O2S3/c1-2-10-27-23(29)21-18(19-8-5-12-30-19)14-31-22(21)25-24(27)32-15-20(28)26-11-9-16-6-3-4-7-17(16)13-26/h2-8,12,14H,1,9-11,13,15H2. The fraction of sp³-hybridized carbons (Fsp3) is 0.208. The second-order valence-electron chi connectivity index (χ2n) is 7.53. The Hall–Kier alpha value is -2.68. The molecular formula is C24H21N3O2S3. The summed E-state index contributed by atoms with van der Waals surface area (Å²) in [5.41, 5.74) is 3.37. The molecule has 1 amide bonds. The van der Waals surface area contributed by atoms with Crippen LogP contribution in [0.25, 0.3) is 20.7 Å². The molecule has 0 aliphatic carbocycles. The minimum absolute atomic E-state index is 0.0643. The van der Waals surface area contributed by atoms with Crippen molar-refractivity contribution in [1.29, 1.82) is 0 Å². The van der Waals surface area contributed by atoms with E-state index in [1.165, 1.54) is 34.2 Å². The van der Waals surface area contributed by atoms with E-state index in [4.69, 9.17) is 4.98 Å². The molecule has 4 aromatic rings. The number of carbonyl (C=O) groups is 1. The Labute approximate surface area is 198 Å². The molecule has 0 saturated carbocycles. The smallest absolute Gasteiger partial charge is 0.263 e. The molecule has 5 nitrogen and oxygen atoms in total. The molecule has 0 unspecified atom stereocenters. The van der Waals surface area contributed by atoms with Crippen LogP contribution >= 0.6 is 34.4 Å². The summed E-state index contributed by atoms with van der Waals surface area (Å²) < 4.78 is 1.63.